The van der Waals surface area contributed by atoms with Crippen molar-refractivity contribution in [3.05, 3.63) is 46.7 Å². The summed E-state index contributed by atoms with van der Waals surface area (Å²) in [6, 6.07) is 5.10. The molecule has 0 fully saturated rings. The molecule has 0 atom stereocenters. The molecular formula is C16H17N3O3S. The highest BCUT2D eigenvalue weighted by Crippen LogP contribution is 2.24. The normalized spacial score (nSPS) is 10.7. The Kier molecular flexibility index (Phi) is 4.20. The van der Waals surface area contributed by atoms with E-state index in [0.717, 1.165) is 16.3 Å². The first-order chi connectivity index (χ1) is 11.1. The lowest BCUT2D eigenvalue weighted by Gasteiger charge is -2.10. The molecule has 0 unspecified atom stereocenters. The maximum Gasteiger partial charge on any atom is 0.255 e. The molecule has 23 heavy (non-hydrogen) atoms. The van der Waals surface area contributed by atoms with Gasteiger partial charge in [-0.15, -0.1) is 11.3 Å². The van der Waals surface area contributed by atoms with E-state index in [0.29, 0.717) is 23.6 Å². The Labute approximate surface area is 137 Å². The topological polar surface area (TPSA) is 64.9 Å². The molecule has 0 spiro atoms. The molecule has 0 aliphatic heterocycles. The summed E-state index contributed by atoms with van der Waals surface area (Å²) in [6.45, 7) is 2.39. The van der Waals surface area contributed by atoms with Crippen molar-refractivity contribution in [2.75, 3.05) is 14.2 Å². The largest absolute Gasteiger partial charge is 0.497 e. The van der Waals surface area contributed by atoms with Gasteiger partial charge < -0.3 is 14.8 Å². The maximum absolute atomic E-state index is 12.4. The molecule has 6 nitrogen and oxygen atoms in total. The summed E-state index contributed by atoms with van der Waals surface area (Å²) >= 11 is 1.58. The van der Waals surface area contributed by atoms with Crippen LogP contribution in [0, 0.1) is 6.92 Å². The van der Waals surface area contributed by atoms with Crippen molar-refractivity contribution in [3.63, 3.8) is 0 Å². The van der Waals surface area contributed by atoms with Gasteiger partial charge in [0.2, 0.25) is 0 Å². The number of nitrogens with zero attached hydrogens (tertiary/aromatic N) is 2. The van der Waals surface area contributed by atoms with Gasteiger partial charge >= 0.3 is 0 Å². The predicted molar refractivity (Wildman–Crippen MR) is 88.5 cm³/mol. The summed E-state index contributed by atoms with van der Waals surface area (Å²) in [5, 5.41) is 4.92. The second-order valence-corrected chi connectivity index (χ2v) is 5.85. The van der Waals surface area contributed by atoms with E-state index in [2.05, 4.69) is 10.3 Å². The van der Waals surface area contributed by atoms with Gasteiger partial charge in [-0.2, -0.15) is 0 Å². The number of methoxy groups -OCH3 is 2. The quantitative estimate of drug-likeness (QED) is 0.780. The van der Waals surface area contributed by atoms with Gasteiger partial charge in [0.1, 0.15) is 11.5 Å². The number of fused-ring (bicyclic) bond motifs is 1. The fourth-order valence-corrected chi connectivity index (χ4v) is 3.15. The molecular weight excluding hydrogens is 314 g/mol. The minimum atomic E-state index is -0.211. The number of thiazole rings is 1. The van der Waals surface area contributed by atoms with E-state index in [4.69, 9.17) is 9.47 Å². The highest BCUT2D eigenvalue weighted by Gasteiger charge is 2.14. The Balaban J connectivity index is 1.73. The lowest BCUT2D eigenvalue weighted by molar-refractivity contribution is 0.0947. The SMILES string of the molecule is COc1ccc(C(=O)NCc2cn3c(C)csc3n2)c(OC)c1. The van der Waals surface area contributed by atoms with E-state index in [9.17, 15) is 4.79 Å². The van der Waals surface area contributed by atoms with Crippen LogP contribution in [0.1, 0.15) is 21.7 Å². The standard InChI is InChI=1S/C16H17N3O3S/c1-10-9-23-16-18-11(8-19(10)16)7-17-15(20)13-5-4-12(21-2)6-14(13)22-3/h4-6,8-9H,7H2,1-3H3,(H,17,20). The molecule has 1 aromatic carbocycles. The first-order valence-corrected chi connectivity index (χ1v) is 7.92. The van der Waals surface area contributed by atoms with E-state index in [1.165, 1.54) is 7.11 Å². The van der Waals surface area contributed by atoms with Crippen LogP contribution < -0.4 is 14.8 Å². The molecule has 0 aliphatic carbocycles. The minimum Gasteiger partial charge on any atom is -0.497 e. The molecule has 2 heterocycles. The lowest BCUT2D eigenvalue weighted by atomic mass is 10.1. The highest BCUT2D eigenvalue weighted by molar-refractivity contribution is 7.15. The van der Waals surface area contributed by atoms with Gasteiger partial charge in [-0.05, 0) is 19.1 Å². The number of amides is 1. The van der Waals surface area contributed by atoms with E-state index in [-0.39, 0.29) is 5.91 Å². The summed E-state index contributed by atoms with van der Waals surface area (Å²) < 4.78 is 12.4. The molecule has 120 valence electrons. The van der Waals surface area contributed by atoms with Crippen molar-refractivity contribution in [3.8, 4) is 11.5 Å². The number of hydrogen-bond acceptors (Lipinski definition) is 5. The second kappa shape index (κ2) is 6.29. The molecule has 0 bridgehead atoms. The van der Waals surface area contributed by atoms with Crippen molar-refractivity contribution >= 4 is 22.2 Å². The van der Waals surface area contributed by atoms with Gasteiger partial charge in [-0.25, -0.2) is 4.98 Å². The molecule has 7 heteroatoms. The van der Waals surface area contributed by atoms with Crippen LogP contribution in [-0.4, -0.2) is 29.5 Å². The number of carbonyl (C=O) groups is 1. The van der Waals surface area contributed by atoms with Crippen LogP contribution in [0.5, 0.6) is 11.5 Å². The summed E-state index contributed by atoms with van der Waals surface area (Å²) in [4.78, 5) is 17.8. The fourth-order valence-electron chi connectivity index (χ4n) is 2.28. The number of carbonyl (C=O) groups excluding carboxylic acids is 1. The number of ether oxygens (including phenoxy) is 2. The number of nitrogens with one attached hydrogen (secondary N) is 1. The number of aromatic nitrogens is 2. The maximum atomic E-state index is 12.4. The highest BCUT2D eigenvalue weighted by atomic mass is 32.1. The van der Waals surface area contributed by atoms with E-state index in [1.807, 2.05) is 22.9 Å². The Morgan fingerprint density at radius 1 is 1.35 bits per heavy atom. The van der Waals surface area contributed by atoms with Crippen LogP contribution in [0.15, 0.2) is 29.8 Å². The Morgan fingerprint density at radius 2 is 2.17 bits per heavy atom. The zero-order valence-corrected chi connectivity index (χ0v) is 13.9. The Bertz CT molecular complexity index is 853. The fraction of sp³-hybridized carbons (Fsp3) is 0.250. The first-order valence-electron chi connectivity index (χ1n) is 7.04. The number of aryl methyl sites for hydroxylation is 1. The molecule has 0 saturated carbocycles. The van der Waals surface area contributed by atoms with Crippen molar-refractivity contribution < 1.29 is 14.3 Å². The summed E-state index contributed by atoms with van der Waals surface area (Å²) in [7, 11) is 3.10. The summed E-state index contributed by atoms with van der Waals surface area (Å²) in [5.41, 5.74) is 2.41. The van der Waals surface area contributed by atoms with Crippen LogP contribution in [0.25, 0.3) is 4.96 Å². The zero-order chi connectivity index (χ0) is 16.4. The molecule has 1 amide bonds. The van der Waals surface area contributed by atoms with Crippen LogP contribution in [0.2, 0.25) is 0 Å². The van der Waals surface area contributed by atoms with Gasteiger partial charge in [-0.1, -0.05) is 0 Å². The number of rotatable bonds is 5. The minimum absolute atomic E-state index is 0.211. The van der Waals surface area contributed by atoms with Gasteiger partial charge in [0.25, 0.3) is 5.91 Å². The number of imidazole rings is 1. The van der Waals surface area contributed by atoms with Gasteiger partial charge in [0, 0.05) is 23.3 Å². The third-order valence-electron chi connectivity index (χ3n) is 3.52. The average Bonchev–Trinajstić information content (AvgIpc) is 3.13. The van der Waals surface area contributed by atoms with E-state index >= 15 is 0 Å². The van der Waals surface area contributed by atoms with Crippen LogP contribution in [-0.2, 0) is 6.54 Å². The first kappa shape index (κ1) is 15.4. The molecule has 3 aromatic rings. The lowest BCUT2D eigenvalue weighted by Crippen LogP contribution is -2.23. The van der Waals surface area contributed by atoms with Crippen molar-refractivity contribution in [1.82, 2.24) is 14.7 Å². The smallest absolute Gasteiger partial charge is 0.255 e. The van der Waals surface area contributed by atoms with Crippen molar-refractivity contribution in [1.29, 1.82) is 0 Å². The van der Waals surface area contributed by atoms with Crippen LogP contribution in [0.4, 0.5) is 0 Å². The predicted octanol–water partition coefficient (Wildman–Crippen LogP) is 2.65. The van der Waals surface area contributed by atoms with Crippen molar-refractivity contribution in [2.24, 2.45) is 0 Å². The Hall–Kier alpha value is -2.54. The van der Waals surface area contributed by atoms with Gasteiger partial charge in [-0.3, -0.25) is 9.20 Å². The number of benzene rings is 1. The molecule has 0 radical (unpaired) electrons. The van der Waals surface area contributed by atoms with Gasteiger partial charge in [0.15, 0.2) is 4.96 Å². The summed E-state index contributed by atoms with van der Waals surface area (Å²) in [5.74, 6) is 0.907. The summed E-state index contributed by atoms with van der Waals surface area (Å²) in [6.07, 6.45) is 1.94. The molecule has 0 aliphatic rings. The zero-order valence-electron chi connectivity index (χ0n) is 13.1. The molecule has 1 N–H and O–H groups in total. The Morgan fingerprint density at radius 3 is 2.87 bits per heavy atom. The third-order valence-corrected chi connectivity index (χ3v) is 4.48. The monoisotopic (exact) mass is 331 g/mol. The number of hydrogen-bond donors (Lipinski definition) is 1. The van der Waals surface area contributed by atoms with Crippen LogP contribution >= 0.6 is 11.3 Å². The molecule has 2 aromatic heterocycles. The average molecular weight is 331 g/mol. The van der Waals surface area contributed by atoms with Crippen molar-refractivity contribution in [2.45, 2.75) is 13.5 Å². The third kappa shape index (κ3) is 3.00. The van der Waals surface area contributed by atoms with Crippen LogP contribution in [0.3, 0.4) is 0 Å². The van der Waals surface area contributed by atoms with Gasteiger partial charge in [0.05, 0.1) is 32.0 Å². The van der Waals surface area contributed by atoms with E-state index < -0.39 is 0 Å². The van der Waals surface area contributed by atoms with E-state index in [1.54, 1.807) is 36.6 Å². The molecule has 3 rings (SSSR count). The molecule has 0 saturated heterocycles. The second-order valence-electron chi connectivity index (χ2n) is 5.01.